The van der Waals surface area contributed by atoms with Gasteiger partial charge < -0.3 is 15.3 Å². The number of rotatable bonds is 4. The van der Waals surface area contributed by atoms with Crippen LogP contribution < -0.4 is 5.32 Å². The predicted octanol–water partition coefficient (Wildman–Crippen LogP) is 2.58. The number of nitrogens with one attached hydrogen (secondary N) is 1. The van der Waals surface area contributed by atoms with Crippen molar-refractivity contribution >= 4 is 23.5 Å². The van der Waals surface area contributed by atoms with Gasteiger partial charge in [-0.1, -0.05) is 12.1 Å². The molecule has 2 heterocycles. The predicted molar refractivity (Wildman–Crippen MR) is 99.6 cm³/mol. The number of aromatic nitrogens is 1. The molecule has 1 saturated heterocycles. The van der Waals surface area contributed by atoms with Crippen LogP contribution in [0.3, 0.4) is 0 Å². The van der Waals surface area contributed by atoms with Crippen molar-refractivity contribution in [3.05, 3.63) is 59.4 Å². The first-order chi connectivity index (χ1) is 13.0. The number of hydrogen-bond acceptors (Lipinski definition) is 4. The lowest BCUT2D eigenvalue weighted by molar-refractivity contribution is -0.143. The number of benzene rings is 1. The molecule has 2 N–H and O–H groups in total. The van der Waals surface area contributed by atoms with Crippen LogP contribution in [-0.4, -0.2) is 45.9 Å². The van der Waals surface area contributed by atoms with Crippen LogP contribution in [0.15, 0.2) is 42.7 Å². The lowest BCUT2D eigenvalue weighted by Crippen LogP contribution is -2.42. The largest absolute Gasteiger partial charge is 0.481 e. The topological polar surface area (TPSA) is 99.6 Å². The first-order valence-electron chi connectivity index (χ1n) is 8.80. The molecule has 1 aromatic carbocycles. The van der Waals surface area contributed by atoms with Gasteiger partial charge in [0.2, 0.25) is 0 Å². The van der Waals surface area contributed by atoms with Crippen LogP contribution in [0.5, 0.6) is 0 Å². The third-order valence-electron chi connectivity index (χ3n) is 4.74. The molecule has 2 amide bonds. The van der Waals surface area contributed by atoms with Gasteiger partial charge in [-0.25, -0.2) is 0 Å². The number of aliphatic carboxylic acids is 1. The number of likely N-dealkylation sites (tertiary alicyclic amines) is 1. The lowest BCUT2D eigenvalue weighted by Gasteiger charge is -2.31. The zero-order chi connectivity index (χ0) is 19.4. The number of anilines is 1. The van der Waals surface area contributed by atoms with E-state index in [-0.39, 0.29) is 18.4 Å². The molecule has 0 bridgehead atoms. The Morgan fingerprint density at radius 2 is 1.93 bits per heavy atom. The summed E-state index contributed by atoms with van der Waals surface area (Å²) in [6.45, 7) is 2.50. The first kappa shape index (κ1) is 18.6. The molecule has 1 fully saturated rings. The highest BCUT2D eigenvalue weighted by atomic mass is 16.4. The molecule has 27 heavy (non-hydrogen) atoms. The molecule has 1 aliphatic heterocycles. The van der Waals surface area contributed by atoms with E-state index in [1.54, 1.807) is 29.2 Å². The molecular weight excluding hydrogens is 346 g/mol. The van der Waals surface area contributed by atoms with Crippen LogP contribution in [0.1, 0.15) is 39.1 Å². The Hall–Kier alpha value is -3.22. The molecule has 1 aromatic heterocycles. The fourth-order valence-corrected chi connectivity index (χ4v) is 3.23. The van der Waals surface area contributed by atoms with Crippen molar-refractivity contribution in [2.45, 2.75) is 19.8 Å². The lowest BCUT2D eigenvalue weighted by atomic mass is 9.97. The van der Waals surface area contributed by atoms with Crippen molar-refractivity contribution in [1.29, 1.82) is 0 Å². The van der Waals surface area contributed by atoms with Crippen molar-refractivity contribution in [3.8, 4) is 0 Å². The summed E-state index contributed by atoms with van der Waals surface area (Å²) in [5.41, 5.74) is 2.01. The minimum absolute atomic E-state index is 0.180. The summed E-state index contributed by atoms with van der Waals surface area (Å²) in [6.07, 6.45) is 4.27. The standard InChI is InChI=1S/C20H21N3O4/c1-13-4-2-6-16(17(13)22-18(24)14-7-9-21-10-8-14)19(25)23-11-3-5-15(12-23)20(26)27/h2,4,6-10,15H,3,5,11-12H2,1H3,(H,22,24)(H,26,27). The Balaban J connectivity index is 1.86. The van der Waals surface area contributed by atoms with E-state index in [0.29, 0.717) is 36.2 Å². The maximum atomic E-state index is 13.0. The van der Waals surface area contributed by atoms with Gasteiger partial charge >= 0.3 is 5.97 Å². The maximum Gasteiger partial charge on any atom is 0.308 e. The molecule has 0 saturated carbocycles. The zero-order valence-electron chi connectivity index (χ0n) is 15.0. The molecule has 1 atom stereocenters. The Bertz CT molecular complexity index is 867. The van der Waals surface area contributed by atoms with Gasteiger partial charge in [-0.15, -0.1) is 0 Å². The van der Waals surface area contributed by atoms with Crippen molar-refractivity contribution in [2.24, 2.45) is 5.92 Å². The normalized spacial score (nSPS) is 16.6. The minimum atomic E-state index is -0.886. The summed E-state index contributed by atoms with van der Waals surface area (Å²) in [5, 5.41) is 12.1. The second-order valence-corrected chi connectivity index (χ2v) is 6.62. The van der Waals surface area contributed by atoms with E-state index >= 15 is 0 Å². The Labute approximate surface area is 157 Å². The van der Waals surface area contributed by atoms with Crippen molar-refractivity contribution < 1.29 is 19.5 Å². The van der Waals surface area contributed by atoms with E-state index in [0.717, 1.165) is 5.56 Å². The second kappa shape index (κ2) is 7.99. The monoisotopic (exact) mass is 367 g/mol. The molecule has 0 aliphatic carbocycles. The van der Waals surface area contributed by atoms with Crippen LogP contribution in [0.25, 0.3) is 0 Å². The van der Waals surface area contributed by atoms with E-state index in [1.165, 1.54) is 12.4 Å². The van der Waals surface area contributed by atoms with E-state index in [4.69, 9.17) is 0 Å². The van der Waals surface area contributed by atoms with Gasteiger partial charge in [-0.05, 0) is 43.5 Å². The van der Waals surface area contributed by atoms with E-state index in [2.05, 4.69) is 10.3 Å². The average molecular weight is 367 g/mol. The number of pyridine rings is 1. The molecule has 0 spiro atoms. The quantitative estimate of drug-likeness (QED) is 0.865. The number of piperidine rings is 1. The van der Waals surface area contributed by atoms with Gasteiger partial charge in [0.25, 0.3) is 11.8 Å². The first-order valence-corrected chi connectivity index (χ1v) is 8.80. The number of carboxylic acids is 1. The summed E-state index contributed by atoms with van der Waals surface area (Å²) in [6, 6.07) is 8.41. The molecule has 7 heteroatoms. The highest BCUT2D eigenvalue weighted by molar-refractivity contribution is 6.09. The average Bonchev–Trinajstić information content (AvgIpc) is 2.69. The van der Waals surface area contributed by atoms with E-state index in [1.807, 2.05) is 13.0 Å². The number of para-hydroxylation sites is 1. The Morgan fingerprint density at radius 1 is 1.19 bits per heavy atom. The summed E-state index contributed by atoms with van der Waals surface area (Å²) < 4.78 is 0. The highest BCUT2D eigenvalue weighted by Gasteiger charge is 2.30. The summed E-state index contributed by atoms with van der Waals surface area (Å²) in [4.78, 5) is 42.3. The maximum absolute atomic E-state index is 13.0. The number of nitrogens with zero attached hydrogens (tertiary/aromatic N) is 2. The molecule has 140 valence electrons. The SMILES string of the molecule is Cc1cccc(C(=O)N2CCCC(C(=O)O)C2)c1NC(=O)c1ccncc1. The summed E-state index contributed by atoms with van der Waals surface area (Å²) in [5.74, 6) is -2.04. The van der Waals surface area contributed by atoms with Crippen LogP contribution in [0.2, 0.25) is 0 Å². The molecule has 0 radical (unpaired) electrons. The Kier molecular flexibility index (Phi) is 5.49. The number of carbonyl (C=O) groups excluding carboxylic acids is 2. The molecule has 3 rings (SSSR count). The van der Waals surface area contributed by atoms with Gasteiger partial charge in [0.1, 0.15) is 0 Å². The zero-order valence-corrected chi connectivity index (χ0v) is 15.0. The van der Waals surface area contributed by atoms with Gasteiger partial charge in [0.05, 0.1) is 17.2 Å². The van der Waals surface area contributed by atoms with Crippen molar-refractivity contribution in [1.82, 2.24) is 9.88 Å². The molecule has 7 nitrogen and oxygen atoms in total. The number of carboxylic acid groups (broad SMARTS) is 1. The van der Waals surface area contributed by atoms with Gasteiger partial charge in [0, 0.05) is 31.0 Å². The summed E-state index contributed by atoms with van der Waals surface area (Å²) >= 11 is 0. The van der Waals surface area contributed by atoms with Crippen LogP contribution in [-0.2, 0) is 4.79 Å². The fraction of sp³-hybridized carbons (Fsp3) is 0.300. The van der Waals surface area contributed by atoms with E-state index in [9.17, 15) is 19.5 Å². The number of amides is 2. The summed E-state index contributed by atoms with van der Waals surface area (Å²) in [7, 11) is 0. The third-order valence-corrected chi connectivity index (χ3v) is 4.74. The number of carbonyl (C=O) groups is 3. The molecule has 1 aliphatic rings. The highest BCUT2D eigenvalue weighted by Crippen LogP contribution is 2.25. The van der Waals surface area contributed by atoms with Crippen LogP contribution >= 0.6 is 0 Å². The second-order valence-electron chi connectivity index (χ2n) is 6.62. The smallest absolute Gasteiger partial charge is 0.308 e. The van der Waals surface area contributed by atoms with Crippen LogP contribution in [0, 0.1) is 12.8 Å². The number of hydrogen-bond donors (Lipinski definition) is 2. The fourth-order valence-electron chi connectivity index (χ4n) is 3.23. The van der Waals surface area contributed by atoms with E-state index < -0.39 is 11.9 Å². The van der Waals surface area contributed by atoms with Crippen molar-refractivity contribution in [2.75, 3.05) is 18.4 Å². The third kappa shape index (κ3) is 4.13. The minimum Gasteiger partial charge on any atom is -0.481 e. The van der Waals surface area contributed by atoms with Gasteiger partial charge in [-0.3, -0.25) is 19.4 Å². The number of aryl methyl sites for hydroxylation is 1. The van der Waals surface area contributed by atoms with Gasteiger partial charge in [0.15, 0.2) is 0 Å². The van der Waals surface area contributed by atoms with Gasteiger partial charge in [-0.2, -0.15) is 0 Å². The molecule has 2 aromatic rings. The molecule has 1 unspecified atom stereocenters. The van der Waals surface area contributed by atoms with Crippen molar-refractivity contribution in [3.63, 3.8) is 0 Å². The Morgan fingerprint density at radius 3 is 2.63 bits per heavy atom. The van der Waals surface area contributed by atoms with Crippen LogP contribution in [0.4, 0.5) is 5.69 Å². The molecular formula is C20H21N3O4.